The van der Waals surface area contributed by atoms with Crippen LogP contribution in [0.3, 0.4) is 0 Å². The minimum atomic E-state index is 0.412. The lowest BCUT2D eigenvalue weighted by Gasteiger charge is -2.16. The Labute approximate surface area is 77.1 Å². The van der Waals surface area contributed by atoms with E-state index in [1.807, 2.05) is 4.68 Å². The maximum atomic E-state index is 5.68. The number of nitrogen functional groups attached to an aromatic ring is 1. The Hall–Kier alpha value is -1.10. The molecule has 0 amide bonds. The second-order valence-electron chi connectivity index (χ2n) is 3.62. The monoisotopic (exact) mass is 181 g/mol. The summed E-state index contributed by atoms with van der Waals surface area (Å²) < 4.78 is 1.86. The van der Waals surface area contributed by atoms with Crippen molar-refractivity contribution in [2.75, 3.05) is 12.3 Å². The molecule has 2 unspecified atom stereocenters. The van der Waals surface area contributed by atoms with Crippen LogP contribution >= 0.6 is 0 Å². The van der Waals surface area contributed by atoms with Crippen molar-refractivity contribution in [3.8, 4) is 0 Å². The van der Waals surface area contributed by atoms with Crippen molar-refractivity contribution >= 4 is 5.82 Å². The number of nitrogens with two attached hydrogens (primary N) is 2. The standard InChI is InChI=1S/C8H15N5/c9-4-6-2-1-3-7(6)13-5-8(10)11-12-13/h5-7H,1-4,9-10H2. The summed E-state index contributed by atoms with van der Waals surface area (Å²) in [5.41, 5.74) is 11.2. The van der Waals surface area contributed by atoms with E-state index in [-0.39, 0.29) is 0 Å². The summed E-state index contributed by atoms with van der Waals surface area (Å²) in [7, 11) is 0. The molecule has 72 valence electrons. The average molecular weight is 181 g/mol. The first-order valence-electron chi connectivity index (χ1n) is 4.68. The Balaban J connectivity index is 2.15. The molecule has 1 fully saturated rings. The van der Waals surface area contributed by atoms with Gasteiger partial charge in [0.2, 0.25) is 0 Å². The lowest BCUT2D eigenvalue weighted by atomic mass is 10.0. The summed E-state index contributed by atoms with van der Waals surface area (Å²) in [5, 5.41) is 7.76. The first-order valence-corrected chi connectivity index (χ1v) is 4.68. The van der Waals surface area contributed by atoms with E-state index in [4.69, 9.17) is 11.5 Å². The van der Waals surface area contributed by atoms with E-state index < -0.39 is 0 Å². The lowest BCUT2D eigenvalue weighted by Crippen LogP contribution is -2.22. The Kier molecular flexibility index (Phi) is 2.18. The maximum Gasteiger partial charge on any atom is 0.165 e. The Morgan fingerprint density at radius 3 is 3.00 bits per heavy atom. The number of anilines is 1. The van der Waals surface area contributed by atoms with Gasteiger partial charge in [-0.2, -0.15) is 0 Å². The van der Waals surface area contributed by atoms with Gasteiger partial charge in [0, 0.05) is 0 Å². The van der Waals surface area contributed by atoms with Gasteiger partial charge in [-0.1, -0.05) is 11.6 Å². The lowest BCUT2D eigenvalue weighted by molar-refractivity contribution is 0.351. The molecule has 1 heterocycles. The molecule has 1 aliphatic carbocycles. The summed E-state index contributed by atoms with van der Waals surface area (Å²) in [6.45, 7) is 0.727. The van der Waals surface area contributed by atoms with Crippen molar-refractivity contribution in [3.05, 3.63) is 6.20 Å². The maximum absolute atomic E-state index is 5.68. The molecule has 13 heavy (non-hydrogen) atoms. The van der Waals surface area contributed by atoms with Crippen LogP contribution in [0.5, 0.6) is 0 Å². The van der Waals surface area contributed by atoms with Gasteiger partial charge in [-0.3, -0.25) is 0 Å². The fourth-order valence-corrected chi connectivity index (χ4v) is 2.09. The molecule has 4 N–H and O–H groups in total. The van der Waals surface area contributed by atoms with Gasteiger partial charge in [-0.05, 0) is 25.3 Å². The normalized spacial score (nSPS) is 28.1. The van der Waals surface area contributed by atoms with Crippen LogP contribution < -0.4 is 11.5 Å². The van der Waals surface area contributed by atoms with Gasteiger partial charge in [0.1, 0.15) is 0 Å². The van der Waals surface area contributed by atoms with Crippen LogP contribution in [0.2, 0.25) is 0 Å². The van der Waals surface area contributed by atoms with Crippen LogP contribution in [0.25, 0.3) is 0 Å². The van der Waals surface area contributed by atoms with E-state index in [1.54, 1.807) is 6.20 Å². The molecule has 5 heteroatoms. The van der Waals surface area contributed by atoms with Crippen molar-refractivity contribution in [3.63, 3.8) is 0 Å². The van der Waals surface area contributed by atoms with E-state index >= 15 is 0 Å². The van der Waals surface area contributed by atoms with Gasteiger partial charge in [-0.25, -0.2) is 4.68 Å². The topological polar surface area (TPSA) is 82.8 Å². The molecule has 1 aliphatic rings. The second-order valence-corrected chi connectivity index (χ2v) is 3.62. The van der Waals surface area contributed by atoms with Gasteiger partial charge in [-0.15, -0.1) is 5.10 Å². The first-order chi connectivity index (χ1) is 6.31. The summed E-state index contributed by atoms with van der Waals surface area (Å²) in [5.74, 6) is 1.03. The van der Waals surface area contributed by atoms with Crippen molar-refractivity contribution in [1.29, 1.82) is 0 Å². The summed E-state index contributed by atoms with van der Waals surface area (Å²) in [6, 6.07) is 0.412. The van der Waals surface area contributed by atoms with Gasteiger partial charge in [0.15, 0.2) is 5.82 Å². The van der Waals surface area contributed by atoms with Crippen LogP contribution in [0.1, 0.15) is 25.3 Å². The number of nitrogens with zero attached hydrogens (tertiary/aromatic N) is 3. The van der Waals surface area contributed by atoms with E-state index in [0.717, 1.165) is 13.0 Å². The van der Waals surface area contributed by atoms with Crippen LogP contribution in [0.4, 0.5) is 5.82 Å². The minimum Gasteiger partial charge on any atom is -0.381 e. The largest absolute Gasteiger partial charge is 0.381 e. The second kappa shape index (κ2) is 3.33. The van der Waals surface area contributed by atoms with E-state index in [1.165, 1.54) is 12.8 Å². The van der Waals surface area contributed by atoms with Crippen LogP contribution in [-0.4, -0.2) is 21.5 Å². The SMILES string of the molecule is NCC1CCCC1n1cc(N)nn1. The molecule has 0 aromatic carbocycles. The molecule has 0 bridgehead atoms. The smallest absolute Gasteiger partial charge is 0.165 e. The highest BCUT2D eigenvalue weighted by Gasteiger charge is 2.28. The number of hydrogen-bond acceptors (Lipinski definition) is 4. The Morgan fingerprint density at radius 1 is 1.54 bits per heavy atom. The molecule has 5 nitrogen and oxygen atoms in total. The molecule has 2 atom stereocenters. The molecular weight excluding hydrogens is 166 g/mol. The van der Waals surface area contributed by atoms with Gasteiger partial charge >= 0.3 is 0 Å². The highest BCUT2D eigenvalue weighted by Crippen LogP contribution is 2.34. The molecule has 1 aromatic rings. The van der Waals surface area contributed by atoms with Crippen molar-refractivity contribution in [1.82, 2.24) is 15.0 Å². The molecule has 0 saturated heterocycles. The predicted molar refractivity (Wildman–Crippen MR) is 49.9 cm³/mol. The van der Waals surface area contributed by atoms with E-state index in [2.05, 4.69) is 10.3 Å². The summed E-state index contributed by atoms with van der Waals surface area (Å²) in [6.07, 6.45) is 5.36. The number of hydrogen-bond donors (Lipinski definition) is 2. The number of rotatable bonds is 2. The fourth-order valence-electron chi connectivity index (χ4n) is 2.09. The third kappa shape index (κ3) is 1.51. The van der Waals surface area contributed by atoms with Crippen LogP contribution in [0.15, 0.2) is 6.20 Å². The zero-order chi connectivity index (χ0) is 9.26. The molecule has 0 radical (unpaired) electrons. The molecule has 0 spiro atoms. The molecular formula is C8H15N5. The van der Waals surface area contributed by atoms with Crippen LogP contribution in [0, 0.1) is 5.92 Å². The zero-order valence-corrected chi connectivity index (χ0v) is 7.56. The van der Waals surface area contributed by atoms with Gasteiger partial charge in [0.05, 0.1) is 12.2 Å². The van der Waals surface area contributed by atoms with Crippen LogP contribution in [-0.2, 0) is 0 Å². The average Bonchev–Trinajstić information content (AvgIpc) is 2.71. The van der Waals surface area contributed by atoms with Crippen molar-refractivity contribution in [2.24, 2.45) is 11.7 Å². The molecule has 1 saturated carbocycles. The quantitative estimate of drug-likeness (QED) is 0.680. The highest BCUT2D eigenvalue weighted by molar-refractivity contribution is 5.20. The molecule has 2 rings (SSSR count). The third-order valence-corrected chi connectivity index (χ3v) is 2.79. The highest BCUT2D eigenvalue weighted by atomic mass is 15.4. The number of aromatic nitrogens is 3. The minimum absolute atomic E-state index is 0.412. The van der Waals surface area contributed by atoms with Gasteiger partial charge < -0.3 is 11.5 Å². The third-order valence-electron chi connectivity index (χ3n) is 2.79. The van der Waals surface area contributed by atoms with E-state index in [0.29, 0.717) is 17.8 Å². The summed E-state index contributed by atoms with van der Waals surface area (Å²) in [4.78, 5) is 0. The van der Waals surface area contributed by atoms with E-state index in [9.17, 15) is 0 Å². The Morgan fingerprint density at radius 2 is 2.38 bits per heavy atom. The zero-order valence-electron chi connectivity index (χ0n) is 7.56. The van der Waals surface area contributed by atoms with Crippen molar-refractivity contribution < 1.29 is 0 Å². The van der Waals surface area contributed by atoms with Gasteiger partial charge in [0.25, 0.3) is 0 Å². The molecule has 1 aromatic heterocycles. The first kappa shape index (κ1) is 8.50. The summed E-state index contributed by atoms with van der Waals surface area (Å²) >= 11 is 0. The molecule has 0 aliphatic heterocycles. The van der Waals surface area contributed by atoms with Crippen molar-refractivity contribution in [2.45, 2.75) is 25.3 Å². The Bertz CT molecular complexity index is 282. The predicted octanol–water partition coefficient (Wildman–Crippen LogP) is 0.160. The fraction of sp³-hybridized carbons (Fsp3) is 0.750.